The maximum absolute atomic E-state index is 13.3. The molecule has 1 aromatic heterocycles. The van der Waals surface area contributed by atoms with Crippen LogP contribution in [0.5, 0.6) is 11.5 Å². The maximum Gasteiger partial charge on any atom is 0.341 e. The highest BCUT2D eigenvalue weighted by molar-refractivity contribution is 14.1. The number of furan rings is 1. The van der Waals surface area contributed by atoms with Crippen LogP contribution < -0.4 is 14.8 Å². The largest absolute Gasteiger partial charge is 0.497 e. The first-order valence-corrected chi connectivity index (χ1v) is 12.3. The van der Waals surface area contributed by atoms with Crippen LogP contribution in [0.3, 0.4) is 0 Å². The molecule has 0 bridgehead atoms. The van der Waals surface area contributed by atoms with Gasteiger partial charge in [-0.25, -0.2) is 4.79 Å². The Morgan fingerprint density at radius 1 is 0.971 bits per heavy atom. The third-order valence-electron chi connectivity index (χ3n) is 5.03. The number of fused-ring (bicyclic) bond motifs is 1. The lowest BCUT2D eigenvalue weighted by Crippen LogP contribution is -2.12. The smallest absolute Gasteiger partial charge is 0.341 e. The molecular formula is C25H17I2NO7. The molecule has 8 nitrogen and oxygen atoms in total. The van der Waals surface area contributed by atoms with Crippen molar-refractivity contribution in [3.8, 4) is 11.5 Å². The number of rotatable bonds is 8. The number of carbonyl (C=O) groups excluding carboxylic acids is 2. The lowest BCUT2D eigenvalue weighted by atomic mass is 10.0. The van der Waals surface area contributed by atoms with E-state index in [0.717, 1.165) is 0 Å². The van der Waals surface area contributed by atoms with Gasteiger partial charge in [0.05, 0.1) is 19.8 Å². The zero-order valence-corrected chi connectivity index (χ0v) is 22.4. The fourth-order valence-electron chi connectivity index (χ4n) is 3.35. The molecule has 0 aliphatic rings. The van der Waals surface area contributed by atoms with E-state index in [4.69, 9.17) is 19.0 Å². The lowest BCUT2D eigenvalue weighted by Gasteiger charge is -2.10. The van der Waals surface area contributed by atoms with Gasteiger partial charge in [0.2, 0.25) is 0 Å². The van der Waals surface area contributed by atoms with E-state index in [2.05, 4.69) is 5.32 Å². The third kappa shape index (κ3) is 5.59. The van der Waals surface area contributed by atoms with Gasteiger partial charge in [0.1, 0.15) is 23.3 Å². The second-order valence-corrected chi connectivity index (χ2v) is 9.65. The molecule has 1 amide bonds. The summed E-state index contributed by atoms with van der Waals surface area (Å²) in [6, 6.07) is 15.1. The lowest BCUT2D eigenvalue weighted by molar-refractivity contribution is -0.139. The monoisotopic (exact) mass is 697 g/mol. The Morgan fingerprint density at radius 3 is 2.29 bits per heavy atom. The van der Waals surface area contributed by atoms with E-state index in [1.165, 1.54) is 6.26 Å². The molecule has 10 heteroatoms. The minimum atomic E-state index is -1.09. The molecule has 0 aliphatic heterocycles. The number of carbonyl (C=O) groups is 3. The number of amides is 1. The van der Waals surface area contributed by atoms with Crippen molar-refractivity contribution in [2.24, 2.45) is 0 Å². The van der Waals surface area contributed by atoms with Gasteiger partial charge in [-0.05, 0) is 99.8 Å². The van der Waals surface area contributed by atoms with Gasteiger partial charge < -0.3 is 24.3 Å². The van der Waals surface area contributed by atoms with E-state index in [9.17, 15) is 14.4 Å². The second kappa shape index (κ2) is 10.6. The number of ether oxygens (including phenoxy) is 2. The first kappa shape index (κ1) is 25.0. The van der Waals surface area contributed by atoms with Gasteiger partial charge in [0, 0.05) is 22.2 Å². The SMILES string of the molecule is COc1ccc(C(=O)Nc2ccc3occ(C(=O)c4cc(I)c(OCC(=O)O)c(I)c4)c3c2)cc1. The highest BCUT2D eigenvalue weighted by Gasteiger charge is 2.20. The molecule has 0 saturated carbocycles. The Hall–Kier alpha value is -3.13. The summed E-state index contributed by atoms with van der Waals surface area (Å²) in [4.78, 5) is 36.8. The van der Waals surface area contributed by atoms with E-state index in [1.54, 1.807) is 61.7 Å². The molecule has 35 heavy (non-hydrogen) atoms. The molecule has 0 unspecified atom stereocenters. The van der Waals surface area contributed by atoms with Crippen molar-refractivity contribution in [1.82, 2.24) is 0 Å². The fraction of sp³-hybridized carbons (Fsp3) is 0.0800. The van der Waals surface area contributed by atoms with Gasteiger partial charge in [0.15, 0.2) is 12.4 Å². The van der Waals surface area contributed by atoms with E-state index in [-0.39, 0.29) is 11.7 Å². The van der Waals surface area contributed by atoms with Crippen molar-refractivity contribution in [3.05, 3.63) is 84.7 Å². The minimum Gasteiger partial charge on any atom is -0.497 e. The average Bonchev–Trinajstić information content (AvgIpc) is 3.26. The van der Waals surface area contributed by atoms with Crippen molar-refractivity contribution in [2.75, 3.05) is 19.0 Å². The molecule has 1 heterocycles. The number of carboxylic acid groups (broad SMARTS) is 1. The number of aliphatic carboxylic acids is 1. The van der Waals surface area contributed by atoms with Crippen molar-refractivity contribution >= 4 is 79.5 Å². The maximum atomic E-state index is 13.3. The van der Waals surface area contributed by atoms with Gasteiger partial charge >= 0.3 is 5.97 Å². The number of benzene rings is 3. The van der Waals surface area contributed by atoms with Crippen LogP contribution in [0, 0.1) is 7.14 Å². The first-order chi connectivity index (χ1) is 16.8. The number of nitrogens with one attached hydrogen (secondary N) is 1. The second-order valence-electron chi connectivity index (χ2n) is 7.32. The van der Waals surface area contributed by atoms with Crippen LogP contribution in [0.1, 0.15) is 26.3 Å². The van der Waals surface area contributed by atoms with Crippen LogP contribution in [-0.2, 0) is 4.79 Å². The number of hydrogen-bond acceptors (Lipinski definition) is 6. The average molecular weight is 697 g/mol. The molecule has 3 aromatic carbocycles. The summed E-state index contributed by atoms with van der Waals surface area (Å²) in [5.74, 6) is -0.606. The number of halogens is 2. The summed E-state index contributed by atoms with van der Waals surface area (Å²) in [6.07, 6.45) is 1.39. The van der Waals surface area contributed by atoms with Crippen LogP contribution in [0.4, 0.5) is 5.69 Å². The molecule has 4 rings (SSSR count). The molecule has 0 aliphatic carbocycles. The topological polar surface area (TPSA) is 115 Å². The van der Waals surface area contributed by atoms with Crippen LogP contribution in [-0.4, -0.2) is 36.5 Å². The highest BCUT2D eigenvalue weighted by Crippen LogP contribution is 2.32. The summed E-state index contributed by atoms with van der Waals surface area (Å²) in [6.45, 7) is -0.476. The zero-order chi connectivity index (χ0) is 25.1. The summed E-state index contributed by atoms with van der Waals surface area (Å²) in [5, 5.41) is 12.2. The number of hydrogen-bond donors (Lipinski definition) is 2. The van der Waals surface area contributed by atoms with Crippen LogP contribution in [0.2, 0.25) is 0 Å². The third-order valence-corrected chi connectivity index (χ3v) is 6.63. The standard InChI is InChI=1S/C25H17I2NO7/c1-33-16-5-2-13(3-6-16)25(32)28-15-4-7-21-17(10-15)18(11-34-21)23(31)14-8-19(26)24(20(27)9-14)35-12-22(29)30/h2-11H,12H2,1H3,(H,28,32)(H,29,30). The molecular weight excluding hydrogens is 680 g/mol. The molecule has 4 aromatic rings. The Bertz CT molecular complexity index is 1420. The van der Waals surface area contributed by atoms with Crippen LogP contribution >= 0.6 is 45.2 Å². The molecule has 0 saturated heterocycles. The molecule has 0 atom stereocenters. The Kier molecular flexibility index (Phi) is 7.60. The van der Waals surface area contributed by atoms with E-state index in [0.29, 0.717) is 52.0 Å². The molecule has 178 valence electrons. The van der Waals surface area contributed by atoms with Crippen molar-refractivity contribution in [3.63, 3.8) is 0 Å². The quantitative estimate of drug-likeness (QED) is 0.182. The molecule has 0 radical (unpaired) electrons. The Morgan fingerprint density at radius 2 is 1.66 bits per heavy atom. The molecule has 0 fully saturated rings. The Balaban J connectivity index is 1.60. The number of anilines is 1. The number of ketones is 1. The fourth-order valence-corrected chi connectivity index (χ4v) is 5.43. The van der Waals surface area contributed by atoms with Crippen LogP contribution in [0.25, 0.3) is 11.0 Å². The van der Waals surface area contributed by atoms with Gasteiger partial charge in [-0.1, -0.05) is 0 Å². The predicted molar refractivity (Wildman–Crippen MR) is 146 cm³/mol. The van der Waals surface area contributed by atoms with Crippen molar-refractivity contribution < 1.29 is 33.4 Å². The number of methoxy groups -OCH3 is 1. The predicted octanol–water partition coefficient (Wildman–Crippen LogP) is 5.60. The molecule has 2 N–H and O–H groups in total. The highest BCUT2D eigenvalue weighted by atomic mass is 127. The molecule has 0 spiro atoms. The number of carboxylic acids is 1. The zero-order valence-electron chi connectivity index (χ0n) is 18.1. The van der Waals surface area contributed by atoms with Crippen molar-refractivity contribution in [1.29, 1.82) is 0 Å². The van der Waals surface area contributed by atoms with E-state index >= 15 is 0 Å². The minimum absolute atomic E-state index is 0.275. The van der Waals surface area contributed by atoms with Crippen molar-refractivity contribution in [2.45, 2.75) is 0 Å². The summed E-state index contributed by atoms with van der Waals surface area (Å²) in [5.41, 5.74) is 2.21. The summed E-state index contributed by atoms with van der Waals surface area (Å²) < 4.78 is 17.2. The summed E-state index contributed by atoms with van der Waals surface area (Å²) in [7, 11) is 1.55. The van der Waals surface area contributed by atoms with Gasteiger partial charge in [-0.3, -0.25) is 9.59 Å². The Labute approximate surface area is 226 Å². The van der Waals surface area contributed by atoms with Crippen LogP contribution in [0.15, 0.2) is 65.3 Å². The van der Waals surface area contributed by atoms with Gasteiger partial charge in [0.25, 0.3) is 5.91 Å². The van der Waals surface area contributed by atoms with Gasteiger partial charge in [-0.2, -0.15) is 0 Å². The van der Waals surface area contributed by atoms with E-state index in [1.807, 2.05) is 45.2 Å². The van der Waals surface area contributed by atoms with E-state index < -0.39 is 12.6 Å². The normalized spacial score (nSPS) is 10.7. The van der Waals surface area contributed by atoms with Gasteiger partial charge in [-0.15, -0.1) is 0 Å². The summed E-state index contributed by atoms with van der Waals surface area (Å²) >= 11 is 4.00. The first-order valence-electron chi connectivity index (χ1n) is 10.1.